The second kappa shape index (κ2) is 7.88. The first kappa shape index (κ1) is 13.5. The van der Waals surface area contributed by atoms with Crippen LogP contribution in [0.25, 0.3) is 5.32 Å². The Hall–Kier alpha value is 1.52. The first-order chi connectivity index (χ1) is 5.33. The van der Waals surface area contributed by atoms with Crippen molar-refractivity contribution in [2.75, 3.05) is 53.4 Å². The molecule has 1 aliphatic rings. The van der Waals surface area contributed by atoms with Gasteiger partial charge in [0.2, 0.25) is 0 Å². The molecule has 1 rings (SSSR count). The summed E-state index contributed by atoms with van der Waals surface area (Å²) in [6.07, 6.45) is 0. The molecule has 0 aliphatic carbocycles. The second-order valence-electron chi connectivity index (χ2n) is 3.18. The van der Waals surface area contributed by atoms with E-state index in [1.807, 2.05) is 7.05 Å². The van der Waals surface area contributed by atoms with Gasteiger partial charge < -0.3 is 15.1 Å². The molecule has 1 fully saturated rings. The van der Waals surface area contributed by atoms with Gasteiger partial charge in [-0.05, 0) is 13.6 Å². The first-order valence-corrected chi connectivity index (χ1v) is 4.29. The van der Waals surface area contributed by atoms with Crippen molar-refractivity contribution in [3.8, 4) is 0 Å². The van der Waals surface area contributed by atoms with Crippen LogP contribution in [0.15, 0.2) is 0 Å². The average Bonchev–Trinajstić information content (AvgIpc) is 2.04. The molecule has 66 valence electrons. The van der Waals surface area contributed by atoms with E-state index in [1.165, 1.54) is 26.2 Å². The molecule has 0 amide bonds. The van der Waals surface area contributed by atoms with Gasteiger partial charge in [0.15, 0.2) is 0 Å². The van der Waals surface area contributed by atoms with Crippen molar-refractivity contribution >= 4 is 0 Å². The fraction of sp³-hybridized carbons (Fsp3) is 1.00. The standard InChI is InChI=1S/C8H18N3.K/c1-9-3-4-11-7-5-10(2)6-8-11;/h3-8H2,1-2H3;/q-1;+1. The smallest absolute Gasteiger partial charge is 0.664 e. The van der Waals surface area contributed by atoms with Gasteiger partial charge in [0.1, 0.15) is 0 Å². The van der Waals surface area contributed by atoms with E-state index in [4.69, 9.17) is 0 Å². The molecular formula is C8H18KN3. The molecule has 0 N–H and O–H groups in total. The summed E-state index contributed by atoms with van der Waals surface area (Å²) in [5, 5.41) is 4.09. The third kappa shape index (κ3) is 5.29. The summed E-state index contributed by atoms with van der Waals surface area (Å²) in [5.41, 5.74) is 0. The largest absolute Gasteiger partial charge is 1.00 e. The Bertz CT molecular complexity index is 99.7. The Labute approximate surface area is 118 Å². The van der Waals surface area contributed by atoms with E-state index in [-0.39, 0.29) is 51.4 Å². The Kier molecular flexibility index (Phi) is 8.87. The van der Waals surface area contributed by atoms with Gasteiger partial charge in [-0.25, -0.2) is 0 Å². The van der Waals surface area contributed by atoms with Gasteiger partial charge in [-0.15, -0.1) is 6.54 Å². The minimum absolute atomic E-state index is 0. The molecule has 0 atom stereocenters. The Morgan fingerprint density at radius 1 is 1.17 bits per heavy atom. The van der Waals surface area contributed by atoms with Gasteiger partial charge in [0.05, 0.1) is 0 Å². The van der Waals surface area contributed by atoms with E-state index in [0.717, 1.165) is 13.1 Å². The van der Waals surface area contributed by atoms with Gasteiger partial charge in [0, 0.05) is 26.2 Å². The number of hydrogen-bond donors (Lipinski definition) is 0. The normalized spacial score (nSPS) is 20.5. The Balaban J connectivity index is 0.00000121. The fourth-order valence-electron chi connectivity index (χ4n) is 1.31. The van der Waals surface area contributed by atoms with Gasteiger partial charge in [-0.3, -0.25) is 0 Å². The number of nitrogens with zero attached hydrogens (tertiary/aromatic N) is 3. The summed E-state index contributed by atoms with van der Waals surface area (Å²) in [6, 6.07) is 0. The maximum absolute atomic E-state index is 4.09. The third-order valence-electron chi connectivity index (χ3n) is 2.24. The molecule has 0 aromatic carbocycles. The summed E-state index contributed by atoms with van der Waals surface area (Å²) >= 11 is 0. The Morgan fingerprint density at radius 2 is 1.75 bits per heavy atom. The molecule has 1 aliphatic heterocycles. The summed E-state index contributed by atoms with van der Waals surface area (Å²) in [6.45, 7) is 6.99. The van der Waals surface area contributed by atoms with Crippen molar-refractivity contribution in [2.24, 2.45) is 0 Å². The van der Waals surface area contributed by atoms with Crippen LogP contribution in [0.2, 0.25) is 0 Å². The van der Waals surface area contributed by atoms with Crippen LogP contribution in [-0.2, 0) is 0 Å². The van der Waals surface area contributed by atoms with Crippen LogP contribution in [-0.4, -0.2) is 63.2 Å². The van der Waals surface area contributed by atoms with Crippen LogP contribution < -0.4 is 51.4 Å². The van der Waals surface area contributed by atoms with Crippen molar-refractivity contribution in [1.29, 1.82) is 0 Å². The molecule has 0 saturated carbocycles. The molecular weight excluding hydrogens is 177 g/mol. The molecule has 0 bridgehead atoms. The van der Waals surface area contributed by atoms with Crippen LogP contribution >= 0.6 is 0 Å². The van der Waals surface area contributed by atoms with E-state index in [1.54, 1.807) is 0 Å². The second-order valence-corrected chi connectivity index (χ2v) is 3.18. The van der Waals surface area contributed by atoms with Gasteiger partial charge in [-0.2, -0.15) is 7.05 Å². The fourth-order valence-corrected chi connectivity index (χ4v) is 1.31. The van der Waals surface area contributed by atoms with Crippen molar-refractivity contribution < 1.29 is 51.4 Å². The van der Waals surface area contributed by atoms with Crippen LogP contribution in [0.4, 0.5) is 0 Å². The van der Waals surface area contributed by atoms with Crippen molar-refractivity contribution in [3.63, 3.8) is 0 Å². The van der Waals surface area contributed by atoms with Gasteiger partial charge in [-0.1, -0.05) is 0 Å². The van der Waals surface area contributed by atoms with Crippen LogP contribution in [0.1, 0.15) is 0 Å². The molecule has 0 radical (unpaired) electrons. The van der Waals surface area contributed by atoms with Gasteiger partial charge >= 0.3 is 51.4 Å². The van der Waals surface area contributed by atoms with Crippen molar-refractivity contribution in [3.05, 3.63) is 5.32 Å². The minimum Gasteiger partial charge on any atom is -0.664 e. The molecule has 3 nitrogen and oxygen atoms in total. The third-order valence-corrected chi connectivity index (χ3v) is 2.24. The Morgan fingerprint density at radius 3 is 2.25 bits per heavy atom. The monoisotopic (exact) mass is 195 g/mol. The van der Waals surface area contributed by atoms with Crippen molar-refractivity contribution in [1.82, 2.24) is 9.80 Å². The average molecular weight is 195 g/mol. The van der Waals surface area contributed by atoms with Crippen molar-refractivity contribution in [2.45, 2.75) is 0 Å². The zero-order valence-corrected chi connectivity index (χ0v) is 11.7. The van der Waals surface area contributed by atoms with E-state index in [2.05, 4.69) is 22.2 Å². The molecule has 12 heavy (non-hydrogen) atoms. The number of hydrogen-bond acceptors (Lipinski definition) is 2. The summed E-state index contributed by atoms with van der Waals surface area (Å²) in [4.78, 5) is 4.85. The zero-order chi connectivity index (χ0) is 8.10. The van der Waals surface area contributed by atoms with Crippen LogP contribution in [0.5, 0.6) is 0 Å². The van der Waals surface area contributed by atoms with Crippen LogP contribution in [0.3, 0.4) is 0 Å². The summed E-state index contributed by atoms with van der Waals surface area (Å²) < 4.78 is 0. The predicted molar refractivity (Wildman–Crippen MR) is 48.1 cm³/mol. The predicted octanol–water partition coefficient (Wildman–Crippen LogP) is -2.76. The van der Waals surface area contributed by atoms with E-state index >= 15 is 0 Å². The SMILES string of the molecule is C[N-]CCN1CCN(C)CC1.[K+]. The molecule has 1 heterocycles. The van der Waals surface area contributed by atoms with E-state index in [9.17, 15) is 0 Å². The van der Waals surface area contributed by atoms with Crippen LogP contribution in [0, 0.1) is 0 Å². The molecule has 1 saturated heterocycles. The molecule has 0 aromatic heterocycles. The first-order valence-electron chi connectivity index (χ1n) is 4.29. The summed E-state index contributed by atoms with van der Waals surface area (Å²) in [7, 11) is 4.07. The van der Waals surface area contributed by atoms with Gasteiger partial charge in [0.25, 0.3) is 0 Å². The quantitative estimate of drug-likeness (QED) is 0.455. The minimum atomic E-state index is 0. The number of piperazine rings is 1. The topological polar surface area (TPSA) is 20.6 Å². The summed E-state index contributed by atoms with van der Waals surface area (Å²) in [5.74, 6) is 0. The number of rotatable bonds is 3. The zero-order valence-electron chi connectivity index (χ0n) is 8.58. The molecule has 0 unspecified atom stereocenters. The maximum Gasteiger partial charge on any atom is 1.00 e. The molecule has 0 spiro atoms. The van der Waals surface area contributed by atoms with E-state index in [0.29, 0.717) is 0 Å². The molecule has 4 heteroatoms. The number of likely N-dealkylation sites (N-methyl/N-ethyl adjacent to an activating group) is 2. The maximum atomic E-state index is 4.09. The molecule has 0 aromatic rings. The van der Waals surface area contributed by atoms with E-state index < -0.39 is 0 Å².